The lowest BCUT2D eigenvalue weighted by atomic mass is 9.81. The lowest BCUT2D eigenvalue weighted by Gasteiger charge is -2.30. The van der Waals surface area contributed by atoms with Crippen LogP contribution in [0, 0.1) is 5.41 Å². The zero-order valence-corrected chi connectivity index (χ0v) is 10.8. The Hall–Kier alpha value is -0.860. The predicted molar refractivity (Wildman–Crippen MR) is 70.3 cm³/mol. The summed E-state index contributed by atoms with van der Waals surface area (Å²) in [6.45, 7) is 9.19. The van der Waals surface area contributed by atoms with E-state index in [2.05, 4.69) is 52.0 Å². The Balaban J connectivity index is 2.90. The maximum Gasteiger partial charge on any atom is 0.0358 e. The molecule has 2 nitrogen and oxygen atoms in total. The van der Waals surface area contributed by atoms with Crippen molar-refractivity contribution >= 4 is 0 Å². The van der Waals surface area contributed by atoms with Crippen molar-refractivity contribution in [3.63, 3.8) is 0 Å². The molecule has 0 aliphatic heterocycles. The maximum atomic E-state index is 6.23. The summed E-state index contributed by atoms with van der Waals surface area (Å²) in [6.07, 6.45) is 0. The van der Waals surface area contributed by atoms with E-state index in [9.17, 15) is 0 Å². The molecule has 4 N–H and O–H groups in total. The molecule has 0 bridgehead atoms. The average Bonchev–Trinajstić information content (AvgIpc) is 2.28. The van der Waals surface area contributed by atoms with Gasteiger partial charge >= 0.3 is 0 Å². The van der Waals surface area contributed by atoms with E-state index in [1.807, 2.05) is 0 Å². The molecule has 0 fully saturated rings. The van der Waals surface area contributed by atoms with Gasteiger partial charge in [-0.1, -0.05) is 52.0 Å². The zero-order valence-electron chi connectivity index (χ0n) is 10.8. The molecule has 0 spiro atoms. The zero-order chi connectivity index (χ0) is 12.3. The largest absolute Gasteiger partial charge is 0.330 e. The van der Waals surface area contributed by atoms with E-state index in [0.29, 0.717) is 12.5 Å². The molecule has 2 heteroatoms. The Morgan fingerprint density at radius 3 is 1.88 bits per heavy atom. The van der Waals surface area contributed by atoms with Gasteiger partial charge in [0.1, 0.15) is 0 Å². The van der Waals surface area contributed by atoms with E-state index in [0.717, 1.165) is 0 Å². The fourth-order valence-electron chi connectivity index (χ4n) is 1.67. The molecule has 1 unspecified atom stereocenters. The Kier molecular flexibility index (Phi) is 4.11. The van der Waals surface area contributed by atoms with Crippen molar-refractivity contribution < 1.29 is 0 Å². The van der Waals surface area contributed by atoms with Crippen LogP contribution in [0.5, 0.6) is 0 Å². The van der Waals surface area contributed by atoms with Crippen LogP contribution in [0.25, 0.3) is 0 Å². The van der Waals surface area contributed by atoms with Crippen LogP contribution in [0.2, 0.25) is 0 Å². The first-order valence-electron chi connectivity index (χ1n) is 5.94. The average molecular weight is 220 g/mol. The van der Waals surface area contributed by atoms with Crippen LogP contribution in [0.1, 0.15) is 50.8 Å². The number of rotatable bonds is 4. The van der Waals surface area contributed by atoms with E-state index in [-0.39, 0.29) is 11.5 Å². The van der Waals surface area contributed by atoms with Gasteiger partial charge < -0.3 is 11.5 Å². The summed E-state index contributed by atoms with van der Waals surface area (Å²) in [5.41, 5.74) is 14.4. The lowest BCUT2D eigenvalue weighted by Crippen LogP contribution is -2.35. The molecular weight excluding hydrogens is 196 g/mol. The topological polar surface area (TPSA) is 52.0 Å². The van der Waals surface area contributed by atoms with E-state index in [1.165, 1.54) is 11.1 Å². The van der Waals surface area contributed by atoms with Crippen LogP contribution in [0.4, 0.5) is 0 Å². The van der Waals surface area contributed by atoms with Gasteiger partial charge in [-0.15, -0.1) is 0 Å². The first kappa shape index (κ1) is 13.2. The van der Waals surface area contributed by atoms with Gasteiger partial charge in [0.25, 0.3) is 0 Å². The first-order valence-corrected chi connectivity index (χ1v) is 5.94. The third kappa shape index (κ3) is 2.83. The second kappa shape index (κ2) is 4.98. The van der Waals surface area contributed by atoms with E-state index < -0.39 is 0 Å². The highest BCUT2D eigenvalue weighted by Gasteiger charge is 2.25. The molecule has 90 valence electrons. The third-order valence-corrected chi connectivity index (χ3v) is 3.33. The molecule has 0 radical (unpaired) electrons. The smallest absolute Gasteiger partial charge is 0.0358 e. The van der Waals surface area contributed by atoms with Gasteiger partial charge in [0, 0.05) is 6.04 Å². The summed E-state index contributed by atoms with van der Waals surface area (Å²) in [5, 5.41) is 0. The van der Waals surface area contributed by atoms with Crippen LogP contribution in [-0.2, 0) is 0 Å². The predicted octanol–water partition coefficient (Wildman–Crippen LogP) is 2.79. The van der Waals surface area contributed by atoms with Gasteiger partial charge in [0.05, 0.1) is 0 Å². The second-order valence-corrected chi connectivity index (χ2v) is 5.49. The molecule has 1 aromatic carbocycles. The van der Waals surface area contributed by atoms with Crippen LogP contribution >= 0.6 is 0 Å². The number of benzene rings is 1. The Labute approximate surface area is 99.0 Å². The molecule has 16 heavy (non-hydrogen) atoms. The monoisotopic (exact) mass is 220 g/mol. The Bertz CT molecular complexity index is 325. The van der Waals surface area contributed by atoms with Crippen molar-refractivity contribution in [2.24, 2.45) is 16.9 Å². The fraction of sp³-hybridized carbons (Fsp3) is 0.571. The minimum Gasteiger partial charge on any atom is -0.330 e. The molecule has 1 aromatic rings. The van der Waals surface area contributed by atoms with Gasteiger partial charge in [-0.25, -0.2) is 0 Å². The minimum absolute atomic E-state index is 0.00119. The van der Waals surface area contributed by atoms with Gasteiger partial charge in [0.2, 0.25) is 0 Å². The van der Waals surface area contributed by atoms with E-state index >= 15 is 0 Å². The molecule has 0 saturated heterocycles. The molecule has 0 aromatic heterocycles. The normalized spacial score (nSPS) is 14.2. The SMILES string of the molecule is CC(C)c1ccc(C(N)C(C)(C)CN)cc1. The molecule has 0 heterocycles. The van der Waals surface area contributed by atoms with Crippen LogP contribution in [-0.4, -0.2) is 6.54 Å². The van der Waals surface area contributed by atoms with Crippen molar-refractivity contribution in [3.05, 3.63) is 35.4 Å². The van der Waals surface area contributed by atoms with Crippen molar-refractivity contribution in [1.82, 2.24) is 0 Å². The number of hydrogen-bond donors (Lipinski definition) is 2. The van der Waals surface area contributed by atoms with Gasteiger partial charge in [0.15, 0.2) is 0 Å². The summed E-state index contributed by atoms with van der Waals surface area (Å²) >= 11 is 0. The number of nitrogens with two attached hydrogens (primary N) is 2. The molecule has 0 aliphatic carbocycles. The summed E-state index contributed by atoms with van der Waals surface area (Å²) in [5.74, 6) is 0.563. The summed E-state index contributed by atoms with van der Waals surface area (Å²) < 4.78 is 0. The van der Waals surface area contributed by atoms with Crippen molar-refractivity contribution in [1.29, 1.82) is 0 Å². The van der Waals surface area contributed by atoms with Gasteiger partial charge in [-0.2, -0.15) is 0 Å². The second-order valence-electron chi connectivity index (χ2n) is 5.49. The highest BCUT2D eigenvalue weighted by molar-refractivity contribution is 5.27. The van der Waals surface area contributed by atoms with Gasteiger partial charge in [-0.3, -0.25) is 0 Å². The van der Waals surface area contributed by atoms with E-state index in [4.69, 9.17) is 11.5 Å². The molecule has 1 rings (SSSR count). The molecule has 1 atom stereocenters. The van der Waals surface area contributed by atoms with Crippen molar-refractivity contribution in [2.75, 3.05) is 6.54 Å². The van der Waals surface area contributed by atoms with Crippen LogP contribution < -0.4 is 11.5 Å². The number of hydrogen-bond acceptors (Lipinski definition) is 2. The van der Waals surface area contributed by atoms with Crippen LogP contribution in [0.3, 0.4) is 0 Å². The highest BCUT2D eigenvalue weighted by Crippen LogP contribution is 2.30. The highest BCUT2D eigenvalue weighted by atomic mass is 14.7. The van der Waals surface area contributed by atoms with Crippen molar-refractivity contribution in [3.8, 4) is 0 Å². The van der Waals surface area contributed by atoms with Crippen molar-refractivity contribution in [2.45, 2.75) is 39.7 Å². The Morgan fingerprint density at radius 2 is 1.50 bits per heavy atom. The third-order valence-electron chi connectivity index (χ3n) is 3.33. The lowest BCUT2D eigenvalue weighted by molar-refractivity contribution is 0.301. The van der Waals surface area contributed by atoms with Gasteiger partial charge in [-0.05, 0) is 29.0 Å². The maximum absolute atomic E-state index is 6.23. The molecule has 0 amide bonds. The first-order chi connectivity index (χ1) is 7.38. The summed E-state index contributed by atoms with van der Waals surface area (Å²) in [7, 11) is 0. The Morgan fingerprint density at radius 1 is 1.06 bits per heavy atom. The molecule has 0 saturated carbocycles. The van der Waals surface area contributed by atoms with E-state index in [1.54, 1.807) is 0 Å². The van der Waals surface area contributed by atoms with Crippen LogP contribution in [0.15, 0.2) is 24.3 Å². The minimum atomic E-state index is -0.0562. The summed E-state index contributed by atoms with van der Waals surface area (Å²) in [4.78, 5) is 0. The summed E-state index contributed by atoms with van der Waals surface area (Å²) in [6, 6.07) is 8.56. The fourth-order valence-corrected chi connectivity index (χ4v) is 1.67. The quantitative estimate of drug-likeness (QED) is 0.819. The standard InChI is InChI=1S/C14H24N2/c1-10(2)11-5-7-12(8-6-11)13(16)14(3,4)9-15/h5-8,10,13H,9,15-16H2,1-4H3. The molecule has 0 aliphatic rings. The molecular formula is C14H24N2.